The Balaban J connectivity index is 2.01. The summed E-state index contributed by atoms with van der Waals surface area (Å²) >= 11 is 12.4. The highest BCUT2D eigenvalue weighted by molar-refractivity contribution is 6.43. The van der Waals surface area contributed by atoms with E-state index in [4.69, 9.17) is 43.5 Å². The van der Waals surface area contributed by atoms with Crippen molar-refractivity contribution in [3.8, 4) is 0 Å². The van der Waals surface area contributed by atoms with Gasteiger partial charge in [-0.05, 0) is 48.4 Å². The molecule has 1 aliphatic carbocycles. The van der Waals surface area contributed by atoms with Crippen LogP contribution in [0, 0.1) is 5.92 Å². The van der Waals surface area contributed by atoms with Gasteiger partial charge in [0.15, 0.2) is 11.5 Å². The van der Waals surface area contributed by atoms with Gasteiger partial charge in [-0.1, -0.05) is 58.7 Å². The number of ether oxygens (including phenoxy) is 1. The molecule has 6 nitrogen and oxygen atoms in total. The molecule has 0 amide bonds. The molecule has 0 saturated heterocycles. The minimum Gasteiger partial charge on any atom is -0.464 e. The van der Waals surface area contributed by atoms with E-state index in [1.54, 1.807) is 18.2 Å². The number of allylic oxidation sites excluding steroid dienone is 1. The minimum atomic E-state index is -0.629. The smallest absolute Gasteiger partial charge is 0.360 e. The molecule has 2 aromatic carbocycles. The molecule has 0 spiro atoms. The van der Waals surface area contributed by atoms with Gasteiger partial charge in [0.25, 0.3) is 0 Å². The summed E-state index contributed by atoms with van der Waals surface area (Å²) in [5, 5.41) is 5.07. The van der Waals surface area contributed by atoms with Crippen molar-refractivity contribution in [1.82, 2.24) is 0 Å². The number of nitrogens with zero attached hydrogens (tertiary/aromatic N) is 1. The van der Waals surface area contributed by atoms with Crippen LogP contribution in [0.25, 0.3) is 5.76 Å². The van der Waals surface area contributed by atoms with Crippen LogP contribution in [0.4, 0.5) is 0 Å². The van der Waals surface area contributed by atoms with Gasteiger partial charge in [0.2, 0.25) is 0 Å². The van der Waals surface area contributed by atoms with Gasteiger partial charge in [-0.2, -0.15) is 5.90 Å². The molecular weight excluding hydrogens is 427 g/mol. The molecule has 8 heteroatoms. The number of benzene rings is 2. The van der Waals surface area contributed by atoms with Crippen LogP contribution < -0.4 is 5.90 Å². The fraction of sp³-hybridized carbons (Fsp3) is 0.273. The zero-order valence-electron chi connectivity index (χ0n) is 16.8. The highest BCUT2D eigenvalue weighted by Crippen LogP contribution is 2.55. The molecule has 0 radical (unpaired) electrons. The van der Waals surface area contributed by atoms with Crippen molar-refractivity contribution in [2.75, 3.05) is 14.2 Å². The van der Waals surface area contributed by atoms with Crippen LogP contribution in [0.15, 0.2) is 53.2 Å². The molecule has 158 valence electrons. The maximum Gasteiger partial charge on any atom is 0.360 e. The van der Waals surface area contributed by atoms with Gasteiger partial charge >= 0.3 is 5.97 Å². The Morgan fingerprint density at radius 2 is 1.83 bits per heavy atom. The summed E-state index contributed by atoms with van der Waals surface area (Å²) < 4.78 is 4.84. The zero-order valence-corrected chi connectivity index (χ0v) is 18.3. The maximum atomic E-state index is 12.2. The van der Waals surface area contributed by atoms with Crippen LogP contribution in [0.2, 0.25) is 10.0 Å². The van der Waals surface area contributed by atoms with Crippen molar-refractivity contribution in [2.24, 2.45) is 17.0 Å². The number of oxime groups is 1. The third-order valence-electron chi connectivity index (χ3n) is 5.17. The van der Waals surface area contributed by atoms with E-state index in [9.17, 15) is 4.79 Å². The monoisotopic (exact) mass is 448 g/mol. The van der Waals surface area contributed by atoms with Crippen molar-refractivity contribution >= 4 is 40.6 Å². The van der Waals surface area contributed by atoms with Crippen LogP contribution >= 0.6 is 23.2 Å². The van der Waals surface area contributed by atoms with Gasteiger partial charge in [0, 0.05) is 21.2 Å². The first kappa shape index (κ1) is 22.2. The third kappa shape index (κ3) is 4.46. The molecule has 0 aromatic heterocycles. The Labute approximate surface area is 185 Å². The molecule has 0 bridgehead atoms. The molecule has 1 aliphatic rings. The summed E-state index contributed by atoms with van der Waals surface area (Å²) in [6, 6.07) is 12.7. The second-order valence-electron chi connectivity index (χ2n) is 6.90. The molecule has 1 saturated carbocycles. The Bertz CT molecular complexity index is 1020. The highest BCUT2D eigenvalue weighted by atomic mass is 35.5. The quantitative estimate of drug-likeness (QED) is 0.280. The number of carbonyl (C=O) groups is 1. The van der Waals surface area contributed by atoms with Gasteiger partial charge in [-0.25, -0.2) is 4.79 Å². The predicted molar refractivity (Wildman–Crippen MR) is 117 cm³/mol. The first-order valence-electron chi connectivity index (χ1n) is 9.24. The van der Waals surface area contributed by atoms with E-state index in [1.807, 2.05) is 31.2 Å². The van der Waals surface area contributed by atoms with Crippen molar-refractivity contribution in [1.29, 1.82) is 0 Å². The largest absolute Gasteiger partial charge is 0.464 e. The van der Waals surface area contributed by atoms with Crippen LogP contribution in [-0.4, -0.2) is 25.9 Å². The molecule has 2 aromatic rings. The average molecular weight is 449 g/mol. The number of halogens is 2. The highest BCUT2D eigenvalue weighted by Gasteiger charge is 2.42. The first-order valence-corrected chi connectivity index (χ1v) is 10.00. The predicted octanol–water partition coefficient (Wildman–Crippen LogP) is 4.94. The standard InChI is InChI=1S/C22H22Cl2N2O4/c1-12(17-11-18(17)14-9-8-13(23)10-19(14)24)21(30-25)16-7-5-4-6-15(16)20(26-29-3)22(27)28-2/h4-10,17-18H,11,25H2,1-3H3/b21-12+,26-20-. The van der Waals surface area contributed by atoms with Gasteiger partial charge in [0.1, 0.15) is 7.11 Å². The average Bonchev–Trinajstić information content (AvgIpc) is 3.53. The zero-order chi connectivity index (χ0) is 21.8. The van der Waals surface area contributed by atoms with Crippen LogP contribution in [0.1, 0.15) is 36.0 Å². The van der Waals surface area contributed by atoms with Crippen molar-refractivity contribution < 1.29 is 19.2 Å². The van der Waals surface area contributed by atoms with E-state index in [0.717, 1.165) is 17.6 Å². The van der Waals surface area contributed by atoms with E-state index in [2.05, 4.69) is 5.16 Å². The lowest BCUT2D eigenvalue weighted by atomic mass is 9.96. The van der Waals surface area contributed by atoms with Gasteiger partial charge in [-0.15, -0.1) is 0 Å². The number of rotatable bonds is 7. The van der Waals surface area contributed by atoms with Gasteiger partial charge < -0.3 is 14.4 Å². The van der Waals surface area contributed by atoms with Gasteiger partial charge in [-0.3, -0.25) is 0 Å². The summed E-state index contributed by atoms with van der Waals surface area (Å²) in [6.45, 7) is 1.96. The summed E-state index contributed by atoms with van der Waals surface area (Å²) in [5.41, 5.74) is 3.11. The maximum absolute atomic E-state index is 12.2. The SMILES string of the molecule is CO/N=C(\C(=O)OC)c1ccccc1/C(ON)=C(/C)C1CC1c1ccc(Cl)cc1Cl. The molecule has 1 fully saturated rings. The lowest BCUT2D eigenvalue weighted by molar-refractivity contribution is -0.132. The number of hydrogen-bond acceptors (Lipinski definition) is 6. The fourth-order valence-electron chi connectivity index (χ4n) is 3.63. The van der Waals surface area contributed by atoms with E-state index in [0.29, 0.717) is 26.9 Å². The molecule has 2 N–H and O–H groups in total. The van der Waals surface area contributed by atoms with Crippen LogP contribution in [-0.2, 0) is 19.2 Å². The number of nitrogens with two attached hydrogens (primary N) is 1. The number of methoxy groups -OCH3 is 1. The van der Waals surface area contributed by atoms with Gasteiger partial charge in [0.05, 0.1) is 7.11 Å². The fourth-order valence-corrected chi connectivity index (χ4v) is 4.18. The summed E-state index contributed by atoms with van der Waals surface area (Å²) in [6.07, 6.45) is 0.901. The van der Waals surface area contributed by atoms with Crippen LogP contribution in [0.3, 0.4) is 0 Å². The van der Waals surface area contributed by atoms with Crippen molar-refractivity contribution in [3.63, 3.8) is 0 Å². The lowest BCUT2D eigenvalue weighted by Crippen LogP contribution is -2.20. The number of hydrogen-bond donors (Lipinski definition) is 1. The Morgan fingerprint density at radius 1 is 1.13 bits per heavy atom. The van der Waals surface area contributed by atoms with Crippen LogP contribution in [0.5, 0.6) is 0 Å². The Hall–Kier alpha value is -2.54. The van der Waals surface area contributed by atoms with E-state index >= 15 is 0 Å². The molecule has 30 heavy (non-hydrogen) atoms. The van der Waals surface area contributed by atoms with E-state index in [-0.39, 0.29) is 17.5 Å². The number of esters is 1. The molecule has 0 aliphatic heterocycles. The Morgan fingerprint density at radius 3 is 2.43 bits per heavy atom. The summed E-state index contributed by atoms with van der Waals surface area (Å²) in [7, 11) is 2.64. The van der Waals surface area contributed by atoms with Crippen molar-refractivity contribution in [3.05, 3.63) is 74.8 Å². The van der Waals surface area contributed by atoms with E-state index < -0.39 is 5.97 Å². The van der Waals surface area contributed by atoms with Crippen molar-refractivity contribution in [2.45, 2.75) is 19.3 Å². The molecule has 2 atom stereocenters. The topological polar surface area (TPSA) is 83.1 Å². The molecular formula is C22H22Cl2N2O4. The molecule has 3 rings (SSSR count). The summed E-state index contributed by atoms with van der Waals surface area (Å²) in [5.74, 6) is 5.93. The lowest BCUT2D eigenvalue weighted by Gasteiger charge is -2.15. The molecule has 2 unspecified atom stereocenters. The third-order valence-corrected chi connectivity index (χ3v) is 5.74. The summed E-state index contributed by atoms with van der Waals surface area (Å²) in [4.78, 5) is 22.4. The minimum absolute atomic E-state index is 0.0195. The first-order chi connectivity index (χ1) is 14.4. The normalized spacial score (nSPS) is 19.1. The second kappa shape index (κ2) is 9.51. The molecule has 0 heterocycles. The number of carbonyl (C=O) groups excluding carboxylic acids is 1. The second-order valence-corrected chi connectivity index (χ2v) is 7.75. The van der Waals surface area contributed by atoms with E-state index in [1.165, 1.54) is 14.2 Å². The Kier molecular flexibility index (Phi) is 7.02.